The van der Waals surface area contributed by atoms with Crippen LogP contribution in [0.25, 0.3) is 0 Å². The highest BCUT2D eigenvalue weighted by molar-refractivity contribution is 8.04. The average molecular weight is 310 g/mol. The van der Waals surface area contributed by atoms with Gasteiger partial charge in [-0.1, -0.05) is 0 Å². The van der Waals surface area contributed by atoms with Gasteiger partial charge in [-0.3, -0.25) is 14.3 Å². The van der Waals surface area contributed by atoms with Gasteiger partial charge in [0.15, 0.2) is 0 Å². The Hall–Kier alpha value is -0.860. The first-order chi connectivity index (χ1) is 8.81. The normalized spacial score (nSPS) is 13.4. The Morgan fingerprint density at radius 2 is 2.11 bits per heavy atom. The van der Waals surface area contributed by atoms with Crippen molar-refractivity contribution >= 4 is 19.4 Å². The molecule has 1 heterocycles. The van der Waals surface area contributed by atoms with Crippen LogP contribution in [0.1, 0.15) is 0 Å². The predicted molar refractivity (Wildman–Crippen MR) is 71.3 cm³/mol. The van der Waals surface area contributed by atoms with Gasteiger partial charge in [0.25, 0.3) is 5.56 Å². The number of hydrogen-bond acceptors (Lipinski definition) is 5. The van der Waals surface area contributed by atoms with Crippen LogP contribution in [0, 0.1) is 5.92 Å². The van der Waals surface area contributed by atoms with Crippen LogP contribution in [-0.2, 0) is 11.1 Å². The van der Waals surface area contributed by atoms with Crippen molar-refractivity contribution in [2.24, 2.45) is 5.92 Å². The first-order valence-electron chi connectivity index (χ1n) is 5.35. The molecule has 0 aliphatic rings. The van der Waals surface area contributed by atoms with Gasteiger partial charge < -0.3 is 19.5 Å². The van der Waals surface area contributed by atoms with E-state index in [0.29, 0.717) is 5.75 Å². The second-order valence-electron chi connectivity index (χ2n) is 3.98. The predicted octanol–water partition coefficient (Wildman–Crippen LogP) is -0.987. The van der Waals surface area contributed by atoms with Gasteiger partial charge in [-0.25, -0.2) is 4.79 Å². The van der Waals surface area contributed by atoms with Crippen molar-refractivity contribution in [1.82, 2.24) is 9.55 Å². The molecule has 0 amide bonds. The lowest BCUT2D eigenvalue weighted by Crippen LogP contribution is -2.32. The minimum absolute atomic E-state index is 0.167. The number of aliphatic hydroxyl groups excluding tert-OH is 1. The van der Waals surface area contributed by atoms with Crippen LogP contribution in [0.5, 0.6) is 0 Å². The Bertz CT molecular complexity index is 564. The maximum atomic E-state index is 11.4. The molecule has 108 valence electrons. The molecule has 0 fully saturated rings. The second-order valence-corrected chi connectivity index (χ2v) is 7.08. The molecule has 0 saturated carbocycles. The fourth-order valence-corrected chi connectivity index (χ4v) is 3.28. The summed E-state index contributed by atoms with van der Waals surface area (Å²) in [5.41, 5.74) is -1.41. The third-order valence-electron chi connectivity index (χ3n) is 2.22. The summed E-state index contributed by atoms with van der Waals surface area (Å²) in [5, 5.41) is 9.17. The monoisotopic (exact) mass is 310 g/mol. The SMILES string of the molecule is O=c1ccn(CC(CO)CSCP(=O)(O)O)c(=O)[nH]1. The van der Waals surface area contributed by atoms with E-state index in [4.69, 9.17) is 14.9 Å². The van der Waals surface area contributed by atoms with E-state index in [0.717, 1.165) is 11.8 Å². The van der Waals surface area contributed by atoms with Crippen LogP contribution >= 0.6 is 19.4 Å². The van der Waals surface area contributed by atoms with Gasteiger partial charge in [0.05, 0.1) is 5.49 Å². The molecule has 0 bridgehead atoms. The first kappa shape index (κ1) is 16.2. The van der Waals surface area contributed by atoms with Crippen LogP contribution in [0.3, 0.4) is 0 Å². The van der Waals surface area contributed by atoms with Crippen molar-refractivity contribution < 1.29 is 19.5 Å². The zero-order chi connectivity index (χ0) is 14.5. The Kier molecular flexibility index (Phi) is 6.02. The zero-order valence-corrected chi connectivity index (χ0v) is 11.6. The largest absolute Gasteiger partial charge is 0.396 e. The van der Waals surface area contributed by atoms with E-state index >= 15 is 0 Å². The van der Waals surface area contributed by atoms with Crippen LogP contribution in [-0.4, -0.2) is 42.3 Å². The number of aromatic nitrogens is 2. The molecule has 1 aromatic rings. The minimum Gasteiger partial charge on any atom is -0.396 e. The van der Waals surface area contributed by atoms with E-state index in [1.165, 1.54) is 16.8 Å². The van der Waals surface area contributed by atoms with Crippen LogP contribution < -0.4 is 11.2 Å². The summed E-state index contributed by atoms with van der Waals surface area (Å²) >= 11 is 1.01. The molecule has 10 heteroatoms. The lowest BCUT2D eigenvalue weighted by atomic mass is 10.2. The highest BCUT2D eigenvalue weighted by Crippen LogP contribution is 2.39. The van der Waals surface area contributed by atoms with Crippen molar-refractivity contribution in [2.75, 3.05) is 17.9 Å². The number of aliphatic hydroxyl groups is 1. The van der Waals surface area contributed by atoms with Crippen molar-refractivity contribution in [2.45, 2.75) is 6.54 Å². The molecule has 4 N–H and O–H groups in total. The summed E-state index contributed by atoms with van der Waals surface area (Å²) in [5.74, 6) is -0.0344. The number of rotatable bonds is 7. The molecular formula is C9H15N2O6PS. The number of H-pyrrole nitrogens is 1. The quantitative estimate of drug-likeness (QED) is 0.475. The molecule has 19 heavy (non-hydrogen) atoms. The van der Waals surface area contributed by atoms with E-state index in [9.17, 15) is 14.2 Å². The van der Waals surface area contributed by atoms with Crippen LogP contribution in [0.15, 0.2) is 21.9 Å². The fraction of sp³-hybridized carbons (Fsp3) is 0.556. The fourth-order valence-electron chi connectivity index (χ4n) is 1.37. The lowest BCUT2D eigenvalue weighted by Gasteiger charge is -2.15. The van der Waals surface area contributed by atoms with Crippen molar-refractivity contribution in [3.8, 4) is 0 Å². The molecular weight excluding hydrogens is 295 g/mol. The van der Waals surface area contributed by atoms with E-state index in [1.807, 2.05) is 0 Å². The zero-order valence-electron chi connectivity index (χ0n) is 9.93. The van der Waals surface area contributed by atoms with Crippen LogP contribution in [0.2, 0.25) is 0 Å². The highest BCUT2D eigenvalue weighted by Gasteiger charge is 2.16. The minimum atomic E-state index is -4.07. The molecule has 1 aromatic heterocycles. The lowest BCUT2D eigenvalue weighted by molar-refractivity contribution is 0.224. The molecule has 1 rings (SSSR count). The third kappa shape index (κ3) is 6.22. The molecule has 0 aromatic carbocycles. The summed E-state index contributed by atoms with van der Waals surface area (Å²) in [4.78, 5) is 41.8. The van der Waals surface area contributed by atoms with Gasteiger partial charge in [-0.05, 0) is 0 Å². The Morgan fingerprint density at radius 1 is 1.42 bits per heavy atom. The van der Waals surface area contributed by atoms with Gasteiger partial charge in [-0.2, -0.15) is 0 Å². The Morgan fingerprint density at radius 3 is 2.63 bits per heavy atom. The number of nitrogens with one attached hydrogen (secondary N) is 1. The van der Waals surface area contributed by atoms with Crippen molar-refractivity contribution in [3.63, 3.8) is 0 Å². The maximum absolute atomic E-state index is 11.4. The Balaban J connectivity index is 2.59. The van der Waals surface area contributed by atoms with Crippen molar-refractivity contribution in [3.05, 3.63) is 33.1 Å². The van der Waals surface area contributed by atoms with E-state index in [-0.39, 0.29) is 24.6 Å². The van der Waals surface area contributed by atoms with Gasteiger partial charge in [-0.15, -0.1) is 11.8 Å². The summed E-state index contributed by atoms with van der Waals surface area (Å²) < 4.78 is 11.9. The van der Waals surface area contributed by atoms with E-state index in [2.05, 4.69) is 4.98 Å². The summed E-state index contributed by atoms with van der Waals surface area (Å²) in [6.45, 7) is -0.0556. The third-order valence-corrected chi connectivity index (χ3v) is 5.01. The first-order valence-corrected chi connectivity index (χ1v) is 8.30. The topological polar surface area (TPSA) is 133 Å². The smallest absolute Gasteiger partial charge is 0.335 e. The standard InChI is InChI=1S/C9H15N2O6PS/c12-4-7(5-19-6-18(15,16)17)3-11-2-1-8(13)10-9(11)14/h1-2,7,12H,3-6H2,(H,10,13,14)(H2,15,16,17). The number of thioether (sulfide) groups is 1. The molecule has 1 atom stereocenters. The molecule has 0 aliphatic heterocycles. The number of aromatic amines is 1. The van der Waals surface area contributed by atoms with Gasteiger partial charge in [0.2, 0.25) is 0 Å². The molecule has 0 aliphatic carbocycles. The molecule has 0 saturated heterocycles. The molecule has 1 unspecified atom stereocenters. The highest BCUT2D eigenvalue weighted by atomic mass is 32.2. The maximum Gasteiger partial charge on any atom is 0.335 e. The second kappa shape index (κ2) is 7.06. The van der Waals surface area contributed by atoms with Gasteiger partial charge in [0.1, 0.15) is 0 Å². The Labute approximate surface area is 112 Å². The molecule has 0 radical (unpaired) electrons. The van der Waals surface area contributed by atoms with Crippen LogP contribution in [0.4, 0.5) is 0 Å². The molecule has 8 nitrogen and oxygen atoms in total. The molecule has 0 spiro atoms. The summed E-state index contributed by atoms with van der Waals surface area (Å²) in [6.07, 6.45) is 1.32. The van der Waals surface area contributed by atoms with E-state index in [1.54, 1.807) is 0 Å². The van der Waals surface area contributed by atoms with E-state index < -0.39 is 18.8 Å². The van der Waals surface area contributed by atoms with Gasteiger partial charge >= 0.3 is 13.3 Å². The number of hydrogen-bond donors (Lipinski definition) is 4. The van der Waals surface area contributed by atoms with Gasteiger partial charge in [0, 0.05) is 37.1 Å². The summed E-state index contributed by atoms with van der Waals surface area (Å²) in [6, 6.07) is 1.19. The summed E-state index contributed by atoms with van der Waals surface area (Å²) in [7, 11) is -4.07. The number of nitrogens with zero attached hydrogens (tertiary/aromatic N) is 1. The average Bonchev–Trinajstić information content (AvgIpc) is 2.29. The van der Waals surface area contributed by atoms with Crippen molar-refractivity contribution in [1.29, 1.82) is 0 Å².